The van der Waals surface area contributed by atoms with Crippen molar-refractivity contribution in [3.8, 4) is 0 Å². The van der Waals surface area contributed by atoms with Gasteiger partial charge < -0.3 is 10.2 Å². The summed E-state index contributed by atoms with van der Waals surface area (Å²) in [5.74, 6) is -3.39. The van der Waals surface area contributed by atoms with Crippen molar-refractivity contribution in [1.29, 1.82) is 0 Å². The van der Waals surface area contributed by atoms with E-state index in [4.69, 9.17) is 0 Å². The molecule has 2 aromatic carbocycles. The lowest BCUT2D eigenvalue weighted by molar-refractivity contribution is -0.145. The molecule has 4 rings (SSSR count). The molecule has 1 heterocycles. The average Bonchev–Trinajstić information content (AvgIpc) is 3.38. The minimum atomic E-state index is -4.38. The van der Waals surface area contributed by atoms with Crippen LogP contribution in [0.5, 0.6) is 0 Å². The summed E-state index contributed by atoms with van der Waals surface area (Å²) in [5, 5.41) is 21.8. The number of sulfonamides is 1. The van der Waals surface area contributed by atoms with Crippen LogP contribution in [-0.2, 0) is 19.6 Å². The molecule has 0 aromatic heterocycles. The summed E-state index contributed by atoms with van der Waals surface area (Å²) in [6.45, 7) is 1.11. The van der Waals surface area contributed by atoms with Gasteiger partial charge in [0, 0.05) is 11.2 Å². The second kappa shape index (κ2) is 8.38. The first-order valence-electron chi connectivity index (χ1n) is 10.1. The van der Waals surface area contributed by atoms with E-state index >= 15 is 0 Å². The molecule has 3 atom stereocenters. The largest absolute Gasteiger partial charge is 0.480 e. The van der Waals surface area contributed by atoms with Gasteiger partial charge in [-0.1, -0.05) is 48.0 Å². The van der Waals surface area contributed by atoms with Gasteiger partial charge in [0.1, 0.15) is 12.1 Å². The molecule has 32 heavy (non-hydrogen) atoms. The van der Waals surface area contributed by atoms with Gasteiger partial charge in [-0.3, -0.25) is 9.59 Å². The molecule has 7 nitrogen and oxygen atoms in total. The van der Waals surface area contributed by atoms with Gasteiger partial charge in [0.25, 0.3) is 0 Å². The number of allylic oxidation sites excluding steroid dienone is 1. The van der Waals surface area contributed by atoms with Gasteiger partial charge in [-0.2, -0.15) is 4.31 Å². The molecule has 0 amide bonds. The highest BCUT2D eigenvalue weighted by Crippen LogP contribution is 2.57. The van der Waals surface area contributed by atoms with Crippen molar-refractivity contribution in [1.82, 2.24) is 4.31 Å². The van der Waals surface area contributed by atoms with Crippen molar-refractivity contribution in [3.63, 3.8) is 0 Å². The van der Waals surface area contributed by atoms with Gasteiger partial charge in [-0.05, 0) is 48.4 Å². The monoisotopic (exact) mass is 473 g/mol. The van der Waals surface area contributed by atoms with Gasteiger partial charge in [0.05, 0.1) is 4.90 Å². The summed E-state index contributed by atoms with van der Waals surface area (Å²) < 4.78 is 27.7. The Kier molecular flexibility index (Phi) is 5.91. The predicted octanol–water partition coefficient (Wildman–Crippen LogP) is 3.85. The van der Waals surface area contributed by atoms with E-state index in [2.05, 4.69) is 5.41 Å². The summed E-state index contributed by atoms with van der Waals surface area (Å²) in [7, 11) is -4.38. The Hall–Kier alpha value is -2.62. The molecule has 168 valence electrons. The molecular formula is C23H23NO6S2. The maximum Gasteiger partial charge on any atom is 0.325 e. The molecule has 9 heteroatoms. The number of thioether (sulfide) groups is 1. The minimum absolute atomic E-state index is 0.0145. The topological polar surface area (TPSA) is 112 Å². The molecule has 0 spiro atoms. The number of nitrogens with zero attached hydrogens (tertiary/aromatic N) is 1. The zero-order valence-corrected chi connectivity index (χ0v) is 19.0. The van der Waals surface area contributed by atoms with Crippen LogP contribution in [0.4, 0.5) is 0 Å². The van der Waals surface area contributed by atoms with Crippen LogP contribution in [0.25, 0.3) is 0 Å². The molecule has 0 radical (unpaired) electrons. The van der Waals surface area contributed by atoms with Crippen molar-refractivity contribution in [2.75, 3.05) is 6.54 Å². The van der Waals surface area contributed by atoms with Crippen LogP contribution in [0, 0.1) is 0 Å². The number of carboxylic acid groups (broad SMARTS) is 2. The lowest BCUT2D eigenvalue weighted by Crippen LogP contribution is -2.50. The van der Waals surface area contributed by atoms with E-state index in [9.17, 15) is 28.2 Å². The van der Waals surface area contributed by atoms with Crippen molar-refractivity contribution in [2.24, 2.45) is 0 Å². The fourth-order valence-electron chi connectivity index (χ4n) is 4.28. The van der Waals surface area contributed by atoms with Crippen LogP contribution in [0.15, 0.2) is 70.5 Å². The van der Waals surface area contributed by atoms with Crippen LogP contribution in [0.1, 0.15) is 42.1 Å². The Morgan fingerprint density at radius 1 is 1.06 bits per heavy atom. The fourth-order valence-corrected chi connectivity index (χ4v) is 7.17. The van der Waals surface area contributed by atoms with E-state index in [0.29, 0.717) is 9.87 Å². The highest BCUT2D eigenvalue weighted by atomic mass is 32.2. The van der Waals surface area contributed by atoms with E-state index in [-0.39, 0.29) is 16.6 Å². The number of benzene rings is 2. The van der Waals surface area contributed by atoms with Gasteiger partial charge >= 0.3 is 11.9 Å². The van der Waals surface area contributed by atoms with Crippen molar-refractivity contribution in [3.05, 3.63) is 76.7 Å². The van der Waals surface area contributed by atoms with Crippen molar-refractivity contribution >= 4 is 33.7 Å². The zero-order valence-electron chi connectivity index (χ0n) is 17.3. The minimum Gasteiger partial charge on any atom is -0.480 e. The normalized spacial score (nSPS) is 24.9. The van der Waals surface area contributed by atoms with Gasteiger partial charge in [0.2, 0.25) is 10.0 Å². The van der Waals surface area contributed by atoms with Crippen LogP contribution in [0.3, 0.4) is 0 Å². The summed E-state index contributed by atoms with van der Waals surface area (Å²) in [6, 6.07) is 15.0. The second-order valence-electron chi connectivity index (χ2n) is 8.16. The summed E-state index contributed by atoms with van der Waals surface area (Å²) in [5.41, 5.74) is 1.05. The Balaban J connectivity index is 1.69. The lowest BCUT2D eigenvalue weighted by atomic mass is 10.1. The smallest absolute Gasteiger partial charge is 0.325 e. The van der Waals surface area contributed by atoms with E-state index in [1.807, 2.05) is 6.92 Å². The van der Waals surface area contributed by atoms with Crippen LogP contribution < -0.4 is 0 Å². The highest BCUT2D eigenvalue weighted by Gasteiger charge is 2.68. The molecule has 1 saturated carbocycles. The van der Waals surface area contributed by atoms with Crippen molar-refractivity contribution < 1.29 is 28.2 Å². The molecule has 1 aliphatic carbocycles. The van der Waals surface area contributed by atoms with E-state index < -0.39 is 40.0 Å². The van der Waals surface area contributed by atoms with Crippen LogP contribution in [-0.4, -0.2) is 47.0 Å². The first-order valence-corrected chi connectivity index (χ1v) is 12.5. The van der Waals surface area contributed by atoms with Crippen molar-refractivity contribution in [2.45, 2.75) is 41.4 Å². The second-order valence-corrected chi connectivity index (χ2v) is 11.1. The molecule has 2 aromatic rings. The van der Waals surface area contributed by atoms with Gasteiger partial charge in [-0.25, -0.2) is 8.42 Å². The number of carbonyl (C=O) groups is 2. The van der Waals surface area contributed by atoms with Gasteiger partial charge in [-0.15, -0.1) is 11.8 Å². The number of rotatable bonds is 8. The quantitative estimate of drug-likeness (QED) is 0.599. The molecule has 0 saturated heterocycles. The third kappa shape index (κ3) is 3.96. The van der Waals surface area contributed by atoms with Crippen LogP contribution >= 0.6 is 11.8 Å². The lowest BCUT2D eigenvalue weighted by Gasteiger charge is -2.28. The third-order valence-corrected chi connectivity index (χ3v) is 9.22. The number of aliphatic carboxylic acids is 2. The molecule has 2 N–H and O–H groups in total. The zero-order chi connectivity index (χ0) is 23.1. The average molecular weight is 474 g/mol. The Morgan fingerprint density at radius 3 is 2.25 bits per heavy atom. The predicted molar refractivity (Wildman–Crippen MR) is 121 cm³/mol. The van der Waals surface area contributed by atoms with Gasteiger partial charge in [0.15, 0.2) is 0 Å². The maximum absolute atomic E-state index is 13.5. The molecule has 0 bridgehead atoms. The molecule has 1 fully saturated rings. The maximum atomic E-state index is 13.5. The number of carboxylic acids is 2. The molecular weight excluding hydrogens is 450 g/mol. The summed E-state index contributed by atoms with van der Waals surface area (Å²) in [6.07, 6.45) is 0.892. The first kappa shape index (κ1) is 22.6. The Bertz CT molecular complexity index is 1180. The molecule has 2 aliphatic rings. The first-order chi connectivity index (χ1) is 15.2. The highest BCUT2D eigenvalue weighted by molar-refractivity contribution is 8.02. The summed E-state index contributed by atoms with van der Waals surface area (Å²) in [4.78, 5) is 23.8. The fraction of sp³-hybridized carbons (Fsp3) is 0.304. The number of hydrogen-bond acceptors (Lipinski definition) is 5. The molecule has 1 aliphatic heterocycles. The Morgan fingerprint density at radius 2 is 1.72 bits per heavy atom. The number of hydrogen-bond donors (Lipinski definition) is 2. The van der Waals surface area contributed by atoms with E-state index in [0.717, 1.165) is 12.0 Å². The van der Waals surface area contributed by atoms with E-state index in [1.165, 1.54) is 17.7 Å². The van der Waals surface area contributed by atoms with E-state index in [1.54, 1.807) is 54.2 Å². The molecule has 3 unspecified atom stereocenters. The Labute approximate surface area is 190 Å². The van der Waals surface area contributed by atoms with Crippen LogP contribution in [0.2, 0.25) is 0 Å². The SMILES string of the molecule is CC1=CSC(c2ccc(S(=O)(=O)N(CC(=O)O)C3(C(=O)O)CC3c3ccccc3)cc2)C1. The third-order valence-electron chi connectivity index (χ3n) is 6.01. The standard InChI is InChI=1S/C23H23NO6S2/c1-15-11-20(31-14-15)17-7-9-18(10-8-17)32(29,30)24(13-21(25)26)23(22(27)28)12-19(23)16-5-3-2-4-6-16/h2-10,14,19-20H,11-13H2,1H3,(H,25,26)(H,27,28). The summed E-state index contributed by atoms with van der Waals surface area (Å²) >= 11 is 1.67.